The van der Waals surface area contributed by atoms with Crippen LogP contribution >= 0.6 is 11.3 Å². The lowest BCUT2D eigenvalue weighted by atomic mass is 10.1. The molecule has 144 valence electrons. The summed E-state index contributed by atoms with van der Waals surface area (Å²) in [6.45, 7) is 5.26. The number of nitrogens with one attached hydrogen (secondary N) is 2. The molecule has 1 saturated heterocycles. The van der Waals surface area contributed by atoms with Gasteiger partial charge in [-0.3, -0.25) is 14.5 Å². The summed E-state index contributed by atoms with van der Waals surface area (Å²) < 4.78 is 5.45. The van der Waals surface area contributed by atoms with Crippen LogP contribution in [0, 0.1) is 0 Å². The fourth-order valence-corrected chi connectivity index (χ4v) is 4.23. The predicted molar refractivity (Wildman–Crippen MR) is 105 cm³/mol. The van der Waals surface area contributed by atoms with Gasteiger partial charge in [0.15, 0.2) is 0 Å². The van der Waals surface area contributed by atoms with Gasteiger partial charge < -0.3 is 15.4 Å². The average Bonchev–Trinajstić information content (AvgIpc) is 3.22. The lowest BCUT2D eigenvalue weighted by molar-refractivity contribution is -0.140. The third kappa shape index (κ3) is 5.38. The first kappa shape index (κ1) is 19.5. The molecule has 0 spiro atoms. The van der Waals surface area contributed by atoms with Crippen LogP contribution < -0.4 is 10.6 Å². The maximum absolute atomic E-state index is 12.4. The molecule has 0 saturated carbocycles. The van der Waals surface area contributed by atoms with Crippen molar-refractivity contribution in [2.75, 3.05) is 26.3 Å². The molecule has 1 fully saturated rings. The van der Waals surface area contributed by atoms with Gasteiger partial charge in [-0.15, -0.1) is 11.3 Å². The van der Waals surface area contributed by atoms with Crippen LogP contribution in [0.25, 0.3) is 0 Å². The van der Waals surface area contributed by atoms with Crippen molar-refractivity contribution in [3.05, 3.63) is 58.3 Å². The number of hydrogen-bond donors (Lipinski definition) is 2. The number of carbonyl (C=O) groups is 2. The highest BCUT2D eigenvalue weighted by atomic mass is 32.1. The minimum Gasteiger partial charge on any atom is -0.379 e. The monoisotopic (exact) mass is 387 g/mol. The van der Waals surface area contributed by atoms with E-state index in [0.29, 0.717) is 19.8 Å². The average molecular weight is 388 g/mol. The highest BCUT2D eigenvalue weighted by molar-refractivity contribution is 7.10. The van der Waals surface area contributed by atoms with E-state index in [1.54, 1.807) is 11.3 Å². The lowest BCUT2D eigenvalue weighted by Gasteiger charge is -2.37. The second-order valence-corrected chi connectivity index (χ2v) is 7.52. The quantitative estimate of drug-likeness (QED) is 0.744. The van der Waals surface area contributed by atoms with Gasteiger partial charge in [0, 0.05) is 30.6 Å². The molecule has 0 radical (unpaired) electrons. The lowest BCUT2D eigenvalue weighted by Crippen LogP contribution is -2.51. The van der Waals surface area contributed by atoms with Gasteiger partial charge in [0.25, 0.3) is 0 Å². The summed E-state index contributed by atoms with van der Waals surface area (Å²) >= 11 is 1.66. The van der Waals surface area contributed by atoms with Gasteiger partial charge in [0.1, 0.15) is 0 Å². The number of ether oxygens (including phenoxy) is 1. The van der Waals surface area contributed by atoms with E-state index in [9.17, 15) is 9.59 Å². The van der Waals surface area contributed by atoms with Crippen LogP contribution in [0.1, 0.15) is 23.4 Å². The van der Waals surface area contributed by atoms with Crippen LogP contribution in [-0.2, 0) is 20.9 Å². The van der Waals surface area contributed by atoms with Crippen molar-refractivity contribution in [3.8, 4) is 0 Å². The molecule has 1 aliphatic heterocycles. The van der Waals surface area contributed by atoms with Crippen molar-refractivity contribution < 1.29 is 14.3 Å². The molecular weight excluding hydrogens is 362 g/mol. The fourth-order valence-electron chi connectivity index (χ4n) is 3.27. The van der Waals surface area contributed by atoms with Gasteiger partial charge >= 0.3 is 11.8 Å². The molecule has 1 aromatic carbocycles. The standard InChI is InChI=1S/C20H25N3O3S/c1-15(18(17-8-5-13-27-17)23-9-11-26-12-10-23)22-20(25)19(24)21-14-16-6-3-2-4-7-16/h2-8,13,15,18H,9-12,14H2,1H3,(H,21,24)(H,22,25)/t15-,18+/m1/s1. The number of morpholine rings is 1. The number of benzene rings is 1. The maximum atomic E-state index is 12.4. The molecule has 1 aromatic heterocycles. The Labute approximate surface area is 163 Å². The largest absolute Gasteiger partial charge is 0.379 e. The fraction of sp³-hybridized carbons (Fsp3) is 0.400. The van der Waals surface area contributed by atoms with Gasteiger partial charge in [-0.1, -0.05) is 36.4 Å². The van der Waals surface area contributed by atoms with Gasteiger partial charge in [-0.2, -0.15) is 0 Å². The number of nitrogens with zero attached hydrogens (tertiary/aromatic N) is 1. The first-order valence-electron chi connectivity index (χ1n) is 9.13. The minimum atomic E-state index is -0.613. The Bertz CT molecular complexity index is 730. The van der Waals surface area contributed by atoms with E-state index in [4.69, 9.17) is 4.74 Å². The molecule has 7 heteroatoms. The smallest absolute Gasteiger partial charge is 0.309 e. The zero-order chi connectivity index (χ0) is 19.1. The number of amides is 2. The molecule has 2 atom stereocenters. The molecule has 0 bridgehead atoms. The van der Waals surface area contributed by atoms with Crippen molar-refractivity contribution in [1.82, 2.24) is 15.5 Å². The SMILES string of the molecule is C[C@@H](NC(=O)C(=O)NCc1ccccc1)[C@@H](c1cccs1)N1CCOCC1. The van der Waals surface area contributed by atoms with Crippen LogP contribution in [-0.4, -0.2) is 49.1 Å². The highest BCUT2D eigenvalue weighted by Crippen LogP contribution is 2.29. The van der Waals surface area contributed by atoms with Gasteiger partial charge in [-0.25, -0.2) is 0 Å². The summed E-state index contributed by atoms with van der Waals surface area (Å²) in [6, 6.07) is 13.4. The van der Waals surface area contributed by atoms with E-state index in [1.165, 1.54) is 4.88 Å². The van der Waals surface area contributed by atoms with Crippen LogP contribution in [0.15, 0.2) is 47.8 Å². The predicted octanol–water partition coefficient (Wildman–Crippen LogP) is 1.94. The summed E-state index contributed by atoms with van der Waals surface area (Å²) in [7, 11) is 0. The molecule has 2 heterocycles. The Morgan fingerprint density at radius 2 is 1.85 bits per heavy atom. The summed E-state index contributed by atoms with van der Waals surface area (Å²) in [6.07, 6.45) is 0. The molecule has 2 N–H and O–H groups in total. The van der Waals surface area contributed by atoms with E-state index in [0.717, 1.165) is 18.7 Å². The molecule has 0 aliphatic carbocycles. The van der Waals surface area contributed by atoms with Gasteiger partial charge in [0.05, 0.1) is 19.3 Å². The second kappa shape index (κ2) is 9.64. The molecule has 27 heavy (non-hydrogen) atoms. The Kier molecular flexibility index (Phi) is 6.98. The van der Waals surface area contributed by atoms with E-state index < -0.39 is 11.8 Å². The first-order chi connectivity index (χ1) is 13.1. The van der Waals surface area contributed by atoms with Gasteiger partial charge in [-0.05, 0) is 23.9 Å². The van der Waals surface area contributed by atoms with Crippen molar-refractivity contribution in [3.63, 3.8) is 0 Å². The Hall–Kier alpha value is -2.22. The van der Waals surface area contributed by atoms with E-state index in [-0.39, 0.29) is 12.1 Å². The molecular formula is C20H25N3O3S. The summed E-state index contributed by atoms with van der Waals surface area (Å²) in [5.74, 6) is -1.22. The minimum absolute atomic E-state index is 0.0276. The third-order valence-electron chi connectivity index (χ3n) is 4.61. The molecule has 1 aliphatic rings. The number of rotatable bonds is 6. The van der Waals surface area contributed by atoms with E-state index in [2.05, 4.69) is 21.6 Å². The Balaban J connectivity index is 1.59. The molecule has 0 unspecified atom stereocenters. The summed E-state index contributed by atoms with van der Waals surface area (Å²) in [4.78, 5) is 28.0. The number of thiophene rings is 1. The van der Waals surface area contributed by atoms with Crippen molar-refractivity contribution in [1.29, 1.82) is 0 Å². The van der Waals surface area contributed by atoms with Crippen molar-refractivity contribution in [2.24, 2.45) is 0 Å². The Morgan fingerprint density at radius 3 is 2.52 bits per heavy atom. The third-order valence-corrected chi connectivity index (χ3v) is 5.55. The zero-order valence-corrected chi connectivity index (χ0v) is 16.2. The van der Waals surface area contributed by atoms with Crippen molar-refractivity contribution >= 4 is 23.2 Å². The maximum Gasteiger partial charge on any atom is 0.309 e. The molecule has 2 amide bonds. The molecule has 6 nitrogen and oxygen atoms in total. The van der Waals surface area contributed by atoms with Crippen LogP contribution in [0.4, 0.5) is 0 Å². The molecule has 3 rings (SSSR count). The summed E-state index contributed by atoms with van der Waals surface area (Å²) in [5, 5.41) is 7.58. The number of hydrogen-bond acceptors (Lipinski definition) is 5. The van der Waals surface area contributed by atoms with Gasteiger partial charge in [0.2, 0.25) is 0 Å². The van der Waals surface area contributed by atoms with Crippen LogP contribution in [0.3, 0.4) is 0 Å². The van der Waals surface area contributed by atoms with Crippen LogP contribution in [0.5, 0.6) is 0 Å². The second-order valence-electron chi connectivity index (χ2n) is 6.54. The van der Waals surface area contributed by atoms with Crippen molar-refractivity contribution in [2.45, 2.75) is 25.6 Å². The normalized spacial score (nSPS) is 17.1. The number of carbonyl (C=O) groups excluding carboxylic acids is 2. The zero-order valence-electron chi connectivity index (χ0n) is 15.4. The summed E-state index contributed by atoms with van der Waals surface area (Å²) in [5.41, 5.74) is 0.955. The highest BCUT2D eigenvalue weighted by Gasteiger charge is 2.30. The van der Waals surface area contributed by atoms with E-state index in [1.807, 2.05) is 48.7 Å². The topological polar surface area (TPSA) is 70.7 Å². The van der Waals surface area contributed by atoms with Crippen LogP contribution in [0.2, 0.25) is 0 Å². The Morgan fingerprint density at radius 1 is 1.11 bits per heavy atom. The first-order valence-corrected chi connectivity index (χ1v) is 10.0. The van der Waals surface area contributed by atoms with E-state index >= 15 is 0 Å². The molecule has 2 aromatic rings.